The lowest BCUT2D eigenvalue weighted by Gasteiger charge is -2.71. The predicted octanol–water partition coefficient (Wildman–Crippen LogP) is 8.52. The quantitative estimate of drug-likeness (QED) is 0.190. The van der Waals surface area contributed by atoms with Crippen LogP contribution in [0.2, 0.25) is 5.02 Å². The summed E-state index contributed by atoms with van der Waals surface area (Å²) in [5.74, 6) is 0.590. The summed E-state index contributed by atoms with van der Waals surface area (Å²) in [6.45, 7) is 9.10. The van der Waals surface area contributed by atoms with Crippen LogP contribution in [0.5, 0.6) is 0 Å². The van der Waals surface area contributed by atoms with Crippen LogP contribution in [0.25, 0.3) is 0 Å². The highest BCUT2D eigenvalue weighted by Crippen LogP contribution is 2.78. The predicted molar refractivity (Wildman–Crippen MR) is 207 cm³/mol. The first kappa shape index (κ1) is 34.7. The number of piperazine rings is 1. The number of nitrogens with zero attached hydrogens (tertiary/aromatic N) is 2. The Balaban J connectivity index is 1.01. The van der Waals surface area contributed by atoms with Crippen molar-refractivity contribution in [2.45, 2.75) is 76.5 Å². The molecule has 7 aliphatic rings. The standard InChI is InChI=1S/C46H53ClN2O3/c1-42-20-17-36(50)29-44(42)23-24-46(37(30-44)41(51)34-11-7-4-8-12-34)38(42)18-21-43(2)39(46)19-22-45(43,52)31-48-25-27-49(28-26-48)40(32-9-5-3-6-10-32)33-13-15-35(47)16-14-33/h3-16,23-24,30,36,38-40,50,52H,17-22,25-29,31H2,1-2H3/t36?,38-,39-,40?,42-,43+,44+,45-,46-/m1/s1. The number of carbonyl (C=O) groups excluding carboxylic acids is 1. The Morgan fingerprint density at radius 3 is 2.12 bits per heavy atom. The van der Waals surface area contributed by atoms with E-state index in [9.17, 15) is 15.0 Å². The fraction of sp³-hybridized carbons (Fsp3) is 0.500. The summed E-state index contributed by atoms with van der Waals surface area (Å²) in [5, 5.41) is 24.8. The van der Waals surface area contributed by atoms with E-state index < -0.39 is 11.0 Å². The lowest BCUT2D eigenvalue weighted by Crippen LogP contribution is -2.67. The molecule has 52 heavy (non-hydrogen) atoms. The molecule has 6 aliphatic carbocycles. The zero-order valence-corrected chi connectivity index (χ0v) is 31.4. The van der Waals surface area contributed by atoms with Crippen LogP contribution in [0, 0.1) is 33.5 Å². The van der Waals surface area contributed by atoms with E-state index >= 15 is 0 Å². The van der Waals surface area contributed by atoms with Crippen molar-refractivity contribution in [2.24, 2.45) is 33.5 Å². The van der Waals surface area contributed by atoms with Crippen molar-refractivity contribution in [1.82, 2.24) is 9.80 Å². The lowest BCUT2D eigenvalue weighted by molar-refractivity contribution is -0.177. The number of aliphatic hydroxyl groups excluding tert-OH is 1. The fourth-order valence-corrected chi connectivity index (χ4v) is 12.9. The van der Waals surface area contributed by atoms with E-state index in [0.717, 1.165) is 80.9 Å². The van der Waals surface area contributed by atoms with Crippen LogP contribution in [-0.4, -0.2) is 70.2 Å². The highest BCUT2D eigenvalue weighted by molar-refractivity contribution is 6.30. The molecule has 1 heterocycles. The van der Waals surface area contributed by atoms with Crippen LogP contribution in [0.4, 0.5) is 0 Å². The first-order valence-electron chi connectivity index (χ1n) is 19.7. The summed E-state index contributed by atoms with van der Waals surface area (Å²) in [6.07, 6.45) is 12.9. The first-order valence-corrected chi connectivity index (χ1v) is 20.1. The van der Waals surface area contributed by atoms with Gasteiger partial charge in [-0.25, -0.2) is 0 Å². The third-order valence-corrected chi connectivity index (χ3v) is 15.8. The molecule has 0 aromatic heterocycles. The number of fused-ring (bicyclic) bond motifs is 1. The molecule has 2 N–H and O–H groups in total. The van der Waals surface area contributed by atoms with E-state index in [2.05, 4.69) is 84.3 Å². The van der Waals surface area contributed by atoms with E-state index in [0.29, 0.717) is 18.9 Å². The number of hydrogen-bond donors (Lipinski definition) is 2. The van der Waals surface area contributed by atoms with Crippen molar-refractivity contribution in [1.29, 1.82) is 0 Å². The molecule has 1 aliphatic heterocycles. The van der Waals surface area contributed by atoms with Gasteiger partial charge in [0, 0.05) is 65.1 Å². The monoisotopic (exact) mass is 716 g/mol. The van der Waals surface area contributed by atoms with Gasteiger partial charge in [-0.1, -0.05) is 116 Å². The smallest absolute Gasteiger partial charge is 0.189 e. The zero-order valence-electron chi connectivity index (χ0n) is 30.7. The number of hydrogen-bond acceptors (Lipinski definition) is 5. The first-order chi connectivity index (χ1) is 25.0. The number of ketones is 1. The number of aliphatic hydroxyl groups is 2. The number of rotatable bonds is 7. The van der Waals surface area contributed by atoms with Crippen LogP contribution < -0.4 is 0 Å². The van der Waals surface area contributed by atoms with Crippen molar-refractivity contribution >= 4 is 17.4 Å². The second-order valence-electron chi connectivity index (χ2n) is 17.7. The molecule has 272 valence electrons. The molecule has 3 aromatic carbocycles. The zero-order chi connectivity index (χ0) is 35.9. The number of allylic oxidation sites excluding steroid dienone is 4. The number of halogens is 1. The highest BCUT2D eigenvalue weighted by atomic mass is 35.5. The van der Waals surface area contributed by atoms with Gasteiger partial charge in [0.2, 0.25) is 0 Å². The second-order valence-corrected chi connectivity index (χ2v) is 18.1. The Hall–Kier alpha value is -3.06. The number of β-amino-alcohol motifs (C(OH)–C–C–N with tert-alkyl or cyclic N) is 1. The van der Waals surface area contributed by atoms with Crippen LogP contribution in [0.15, 0.2) is 109 Å². The van der Waals surface area contributed by atoms with E-state index in [1.165, 1.54) is 11.1 Å². The summed E-state index contributed by atoms with van der Waals surface area (Å²) in [7, 11) is 0. The highest BCUT2D eigenvalue weighted by Gasteiger charge is 2.74. The summed E-state index contributed by atoms with van der Waals surface area (Å²) < 4.78 is 0. The average Bonchev–Trinajstić information content (AvgIpc) is 3.43. The lowest BCUT2D eigenvalue weighted by atomic mass is 9.32. The van der Waals surface area contributed by atoms with Crippen molar-refractivity contribution in [3.63, 3.8) is 0 Å². The molecule has 9 atom stereocenters. The number of carbonyl (C=O) groups is 1. The molecule has 3 aromatic rings. The third-order valence-electron chi connectivity index (χ3n) is 15.6. The summed E-state index contributed by atoms with van der Waals surface area (Å²) in [5.41, 5.74) is 2.25. The third kappa shape index (κ3) is 4.99. The maximum Gasteiger partial charge on any atom is 0.189 e. The van der Waals surface area contributed by atoms with Crippen molar-refractivity contribution in [2.75, 3.05) is 32.7 Å². The Morgan fingerprint density at radius 2 is 1.40 bits per heavy atom. The van der Waals surface area contributed by atoms with Gasteiger partial charge in [-0.05, 0) is 85.5 Å². The summed E-state index contributed by atoms with van der Waals surface area (Å²) in [4.78, 5) is 19.8. The van der Waals surface area contributed by atoms with Crippen molar-refractivity contribution in [3.8, 4) is 0 Å². The molecule has 3 saturated carbocycles. The van der Waals surface area contributed by atoms with Crippen LogP contribution in [-0.2, 0) is 0 Å². The van der Waals surface area contributed by atoms with Gasteiger partial charge in [0.05, 0.1) is 17.7 Å². The van der Waals surface area contributed by atoms with Gasteiger partial charge < -0.3 is 10.2 Å². The minimum absolute atomic E-state index is 0.0286. The molecule has 2 unspecified atom stereocenters. The van der Waals surface area contributed by atoms with E-state index in [1.54, 1.807) is 0 Å². The van der Waals surface area contributed by atoms with E-state index in [-0.39, 0.29) is 40.1 Å². The normalized spacial score (nSPS) is 38.9. The van der Waals surface area contributed by atoms with E-state index in [4.69, 9.17) is 11.6 Å². The molecule has 1 saturated heterocycles. The SMILES string of the molecule is C[C@]12CC[C@H]3[C@]4(C=C[C@@]5(C=C4C(=O)c4ccccc4)CC(O)CC[C@]35C)[C@@H]1CC[C@@]2(O)CN1CCN(C(c2ccccc2)c2ccc(Cl)cc2)CC1. The molecule has 10 rings (SSSR count). The van der Waals surface area contributed by atoms with Crippen LogP contribution in [0.1, 0.15) is 86.3 Å². The minimum atomic E-state index is -0.848. The fourth-order valence-electron chi connectivity index (χ4n) is 12.8. The topological polar surface area (TPSA) is 64.0 Å². The maximum atomic E-state index is 14.7. The van der Waals surface area contributed by atoms with Gasteiger partial charge in [0.15, 0.2) is 5.78 Å². The molecule has 0 radical (unpaired) electrons. The molecule has 5 nitrogen and oxygen atoms in total. The van der Waals surface area contributed by atoms with Gasteiger partial charge in [0.25, 0.3) is 0 Å². The van der Waals surface area contributed by atoms with Gasteiger partial charge in [-0.15, -0.1) is 0 Å². The van der Waals surface area contributed by atoms with Crippen molar-refractivity contribution < 1.29 is 15.0 Å². The molecule has 6 heteroatoms. The minimum Gasteiger partial charge on any atom is -0.393 e. The molecule has 4 fully saturated rings. The van der Waals surface area contributed by atoms with Gasteiger partial charge in [-0.3, -0.25) is 14.6 Å². The van der Waals surface area contributed by atoms with Crippen LogP contribution >= 0.6 is 11.6 Å². The molecular formula is C46H53ClN2O3. The number of benzene rings is 3. The van der Waals surface area contributed by atoms with Gasteiger partial charge in [0.1, 0.15) is 0 Å². The summed E-state index contributed by atoms with van der Waals surface area (Å²) >= 11 is 6.30. The average molecular weight is 717 g/mol. The Morgan fingerprint density at radius 1 is 0.788 bits per heavy atom. The second kappa shape index (κ2) is 12.5. The Bertz CT molecular complexity index is 1890. The molecule has 2 spiro atoms. The Labute approximate surface area is 314 Å². The molecule has 2 bridgehead atoms. The molecule has 0 amide bonds. The maximum absolute atomic E-state index is 14.7. The van der Waals surface area contributed by atoms with Crippen molar-refractivity contribution in [3.05, 3.63) is 130 Å². The largest absolute Gasteiger partial charge is 0.393 e. The molecular weight excluding hydrogens is 664 g/mol. The van der Waals surface area contributed by atoms with Crippen LogP contribution in [0.3, 0.4) is 0 Å². The van der Waals surface area contributed by atoms with E-state index in [1.807, 2.05) is 42.5 Å². The van der Waals surface area contributed by atoms with Gasteiger partial charge >= 0.3 is 0 Å². The number of Topliss-reactive ketones (excluding diaryl/α,β-unsaturated/α-hetero) is 1. The Kier molecular flexibility index (Phi) is 8.34. The summed E-state index contributed by atoms with van der Waals surface area (Å²) in [6, 6.07) is 29.0. The van der Waals surface area contributed by atoms with Gasteiger partial charge in [-0.2, -0.15) is 0 Å².